The highest BCUT2D eigenvalue weighted by molar-refractivity contribution is 5.83. The van der Waals surface area contributed by atoms with Gasteiger partial charge in [-0.2, -0.15) is 0 Å². The summed E-state index contributed by atoms with van der Waals surface area (Å²) in [6.07, 6.45) is 2.16. The summed E-state index contributed by atoms with van der Waals surface area (Å²) in [5, 5.41) is 4.53. The Morgan fingerprint density at radius 1 is 1.05 bits per heavy atom. The fourth-order valence-corrected chi connectivity index (χ4v) is 2.73. The lowest BCUT2D eigenvalue weighted by atomic mass is 10.1. The third-order valence-electron chi connectivity index (χ3n) is 3.75. The Hall–Kier alpha value is -2.26. The van der Waals surface area contributed by atoms with Crippen molar-refractivity contribution >= 4 is 10.9 Å². The van der Waals surface area contributed by atoms with Gasteiger partial charge < -0.3 is 14.6 Å². The second kappa shape index (κ2) is 6.02. The minimum absolute atomic E-state index is 0.869. The Balaban J connectivity index is 1.96. The van der Waals surface area contributed by atoms with Gasteiger partial charge in [-0.1, -0.05) is 30.3 Å². The first-order chi connectivity index (χ1) is 10.3. The van der Waals surface area contributed by atoms with Crippen molar-refractivity contribution in [3.63, 3.8) is 0 Å². The number of fused-ring (bicyclic) bond motifs is 1. The van der Waals surface area contributed by atoms with Crippen molar-refractivity contribution in [1.29, 1.82) is 0 Å². The summed E-state index contributed by atoms with van der Waals surface area (Å²) in [6.45, 7) is 1.75. The molecule has 0 aliphatic rings. The Morgan fingerprint density at radius 2 is 1.86 bits per heavy atom. The molecule has 0 amide bonds. The van der Waals surface area contributed by atoms with Gasteiger partial charge in [0.05, 0.1) is 12.6 Å². The van der Waals surface area contributed by atoms with Crippen LogP contribution in [0.5, 0.6) is 5.75 Å². The topological polar surface area (TPSA) is 26.2 Å². The first kappa shape index (κ1) is 13.7. The highest BCUT2D eigenvalue weighted by Crippen LogP contribution is 2.22. The van der Waals surface area contributed by atoms with E-state index < -0.39 is 0 Å². The molecule has 3 aromatic rings. The molecule has 1 heterocycles. The molecule has 3 heteroatoms. The molecule has 1 aromatic heterocycles. The number of benzene rings is 2. The molecule has 0 saturated heterocycles. The molecule has 2 aromatic carbocycles. The molecule has 0 spiro atoms. The summed E-state index contributed by atoms with van der Waals surface area (Å²) in [7, 11) is 3.67. The summed E-state index contributed by atoms with van der Waals surface area (Å²) in [6, 6.07) is 16.9. The molecule has 0 atom stereocenters. The molecule has 0 aliphatic heterocycles. The molecule has 3 nitrogen and oxygen atoms in total. The second-order valence-electron chi connectivity index (χ2n) is 5.18. The van der Waals surface area contributed by atoms with Crippen LogP contribution in [0.15, 0.2) is 54.7 Å². The number of nitrogens with one attached hydrogen (secondary N) is 1. The van der Waals surface area contributed by atoms with E-state index in [9.17, 15) is 0 Å². The lowest BCUT2D eigenvalue weighted by Gasteiger charge is -2.10. The first-order valence-electron chi connectivity index (χ1n) is 7.16. The summed E-state index contributed by atoms with van der Waals surface area (Å²) in [5.41, 5.74) is 3.91. The number of rotatable bonds is 5. The van der Waals surface area contributed by atoms with Gasteiger partial charge in [-0.15, -0.1) is 0 Å². The zero-order valence-electron chi connectivity index (χ0n) is 12.5. The molecule has 0 saturated carbocycles. The van der Waals surface area contributed by atoms with E-state index in [1.807, 2.05) is 19.2 Å². The molecule has 21 heavy (non-hydrogen) atoms. The SMILES string of the molecule is CNCc1cccc2ccn(Cc3ccc(OC)cc3)c12. The lowest BCUT2D eigenvalue weighted by molar-refractivity contribution is 0.414. The Morgan fingerprint density at radius 3 is 2.57 bits per heavy atom. The van der Waals surface area contributed by atoms with E-state index in [1.165, 1.54) is 22.0 Å². The largest absolute Gasteiger partial charge is 0.497 e. The lowest BCUT2D eigenvalue weighted by Crippen LogP contribution is -2.07. The normalized spacial score (nSPS) is 11.0. The molecule has 0 aliphatic carbocycles. The average Bonchev–Trinajstić information content (AvgIpc) is 2.93. The van der Waals surface area contributed by atoms with Gasteiger partial charge >= 0.3 is 0 Å². The quantitative estimate of drug-likeness (QED) is 0.775. The van der Waals surface area contributed by atoms with E-state index in [-0.39, 0.29) is 0 Å². The molecular formula is C18H20N2O. The van der Waals surface area contributed by atoms with Crippen molar-refractivity contribution in [2.24, 2.45) is 0 Å². The van der Waals surface area contributed by atoms with Crippen LogP contribution in [0, 0.1) is 0 Å². The van der Waals surface area contributed by atoms with E-state index in [0.29, 0.717) is 0 Å². The molecule has 1 N–H and O–H groups in total. The summed E-state index contributed by atoms with van der Waals surface area (Å²) in [5.74, 6) is 0.895. The van der Waals surface area contributed by atoms with E-state index in [4.69, 9.17) is 4.74 Å². The average molecular weight is 280 g/mol. The Kier molecular flexibility index (Phi) is 3.93. The Labute approximate surface area is 125 Å². The maximum atomic E-state index is 5.21. The maximum Gasteiger partial charge on any atom is 0.118 e. The van der Waals surface area contributed by atoms with Gasteiger partial charge in [0.2, 0.25) is 0 Å². The van der Waals surface area contributed by atoms with Gasteiger partial charge in [0.15, 0.2) is 0 Å². The standard InChI is InChI=1S/C18H20N2O/c1-19-12-16-5-3-4-15-10-11-20(18(15)16)13-14-6-8-17(21-2)9-7-14/h3-11,19H,12-13H2,1-2H3. The van der Waals surface area contributed by atoms with Crippen molar-refractivity contribution in [3.05, 3.63) is 65.9 Å². The number of nitrogens with zero attached hydrogens (tertiary/aromatic N) is 1. The zero-order chi connectivity index (χ0) is 14.7. The van der Waals surface area contributed by atoms with Gasteiger partial charge in [0, 0.05) is 19.3 Å². The molecule has 108 valence electrons. The number of ether oxygens (including phenoxy) is 1. The van der Waals surface area contributed by atoms with Crippen molar-refractivity contribution in [2.75, 3.05) is 14.2 Å². The van der Waals surface area contributed by atoms with Crippen LogP contribution in [-0.2, 0) is 13.1 Å². The second-order valence-corrected chi connectivity index (χ2v) is 5.18. The molecule has 0 radical (unpaired) electrons. The van der Waals surface area contributed by atoms with Crippen LogP contribution in [0.4, 0.5) is 0 Å². The van der Waals surface area contributed by atoms with Gasteiger partial charge in [-0.25, -0.2) is 0 Å². The van der Waals surface area contributed by atoms with Crippen LogP contribution in [-0.4, -0.2) is 18.7 Å². The smallest absolute Gasteiger partial charge is 0.118 e. The molecular weight excluding hydrogens is 260 g/mol. The van der Waals surface area contributed by atoms with Crippen molar-refractivity contribution in [3.8, 4) is 5.75 Å². The summed E-state index contributed by atoms with van der Waals surface area (Å²) < 4.78 is 7.52. The van der Waals surface area contributed by atoms with Gasteiger partial charge in [0.25, 0.3) is 0 Å². The Bertz CT molecular complexity index is 729. The minimum atomic E-state index is 0.869. The third kappa shape index (κ3) is 2.78. The zero-order valence-corrected chi connectivity index (χ0v) is 12.5. The van der Waals surface area contributed by atoms with Crippen molar-refractivity contribution in [2.45, 2.75) is 13.1 Å². The van der Waals surface area contributed by atoms with Gasteiger partial charge in [-0.05, 0) is 41.8 Å². The molecule has 3 rings (SSSR count). The predicted molar refractivity (Wildman–Crippen MR) is 86.8 cm³/mol. The highest BCUT2D eigenvalue weighted by Gasteiger charge is 2.06. The third-order valence-corrected chi connectivity index (χ3v) is 3.75. The summed E-state index contributed by atoms with van der Waals surface area (Å²) >= 11 is 0. The van der Waals surface area contributed by atoms with E-state index >= 15 is 0 Å². The van der Waals surface area contributed by atoms with Crippen molar-refractivity contribution < 1.29 is 4.74 Å². The number of para-hydroxylation sites is 1. The van der Waals surface area contributed by atoms with E-state index in [1.54, 1.807) is 7.11 Å². The monoisotopic (exact) mass is 280 g/mol. The summed E-state index contributed by atoms with van der Waals surface area (Å²) in [4.78, 5) is 0. The maximum absolute atomic E-state index is 5.21. The van der Waals surface area contributed by atoms with Crippen LogP contribution in [0.3, 0.4) is 0 Å². The van der Waals surface area contributed by atoms with Crippen LogP contribution < -0.4 is 10.1 Å². The van der Waals surface area contributed by atoms with Gasteiger partial charge in [-0.3, -0.25) is 0 Å². The highest BCUT2D eigenvalue weighted by atomic mass is 16.5. The first-order valence-corrected chi connectivity index (χ1v) is 7.16. The fourth-order valence-electron chi connectivity index (χ4n) is 2.73. The number of hydrogen-bond donors (Lipinski definition) is 1. The van der Waals surface area contributed by atoms with Crippen LogP contribution in [0.25, 0.3) is 10.9 Å². The minimum Gasteiger partial charge on any atom is -0.497 e. The number of aromatic nitrogens is 1. The van der Waals surface area contributed by atoms with Crippen LogP contribution >= 0.6 is 0 Å². The van der Waals surface area contributed by atoms with Crippen molar-refractivity contribution in [1.82, 2.24) is 9.88 Å². The predicted octanol–water partition coefficient (Wildman–Crippen LogP) is 3.42. The molecule has 0 bridgehead atoms. The number of hydrogen-bond acceptors (Lipinski definition) is 2. The molecule has 0 unspecified atom stereocenters. The van der Waals surface area contributed by atoms with E-state index in [2.05, 4.69) is 52.5 Å². The van der Waals surface area contributed by atoms with Crippen LogP contribution in [0.2, 0.25) is 0 Å². The molecule has 0 fully saturated rings. The van der Waals surface area contributed by atoms with E-state index in [0.717, 1.165) is 18.8 Å². The fraction of sp³-hybridized carbons (Fsp3) is 0.222. The van der Waals surface area contributed by atoms with Gasteiger partial charge in [0.1, 0.15) is 5.75 Å². The number of methoxy groups -OCH3 is 1. The van der Waals surface area contributed by atoms with Crippen LogP contribution in [0.1, 0.15) is 11.1 Å².